The minimum atomic E-state index is -0.396. The van der Waals surface area contributed by atoms with Crippen LogP contribution >= 0.6 is 0 Å². The molecule has 0 bridgehead atoms. The van der Waals surface area contributed by atoms with Gasteiger partial charge in [0, 0.05) is 6.54 Å². The predicted molar refractivity (Wildman–Crippen MR) is 107 cm³/mol. The Morgan fingerprint density at radius 2 is 1.71 bits per heavy atom. The lowest BCUT2D eigenvalue weighted by molar-refractivity contribution is 0.0589. The number of nitrogens with zero attached hydrogens (tertiary/aromatic N) is 2. The molecule has 140 valence electrons. The van der Waals surface area contributed by atoms with Crippen molar-refractivity contribution in [3.63, 3.8) is 0 Å². The van der Waals surface area contributed by atoms with E-state index in [1.807, 2.05) is 36.4 Å². The van der Waals surface area contributed by atoms with Gasteiger partial charge < -0.3 is 14.0 Å². The van der Waals surface area contributed by atoms with E-state index in [4.69, 9.17) is 9.47 Å². The molecule has 0 aliphatic rings. The van der Waals surface area contributed by atoms with Crippen molar-refractivity contribution >= 4 is 16.7 Å². The Balaban J connectivity index is 1.40. The highest BCUT2D eigenvalue weighted by molar-refractivity contribution is 5.87. The smallest absolute Gasteiger partial charge is 0.356 e. The SMILES string of the molecule is COC(=O)c1cncn1Cc1ccc(OCc2ccc3ccccc3c2)cc1. The molecule has 0 saturated heterocycles. The Hall–Kier alpha value is -3.60. The molecule has 0 aliphatic carbocycles. The van der Waals surface area contributed by atoms with Crippen LogP contribution in [0.4, 0.5) is 0 Å². The van der Waals surface area contributed by atoms with Gasteiger partial charge in [-0.05, 0) is 40.1 Å². The largest absolute Gasteiger partial charge is 0.489 e. The number of benzene rings is 3. The molecule has 4 rings (SSSR count). The van der Waals surface area contributed by atoms with Crippen molar-refractivity contribution in [1.82, 2.24) is 9.55 Å². The van der Waals surface area contributed by atoms with E-state index in [-0.39, 0.29) is 0 Å². The first-order valence-corrected chi connectivity index (χ1v) is 9.01. The van der Waals surface area contributed by atoms with E-state index >= 15 is 0 Å². The highest BCUT2D eigenvalue weighted by atomic mass is 16.5. The predicted octanol–water partition coefficient (Wildman–Crippen LogP) is 4.45. The third-order valence-electron chi connectivity index (χ3n) is 4.60. The molecule has 0 saturated carbocycles. The molecule has 0 fully saturated rings. The van der Waals surface area contributed by atoms with Gasteiger partial charge >= 0.3 is 5.97 Å². The molecule has 3 aromatic carbocycles. The van der Waals surface area contributed by atoms with Gasteiger partial charge in [0.05, 0.1) is 19.6 Å². The van der Waals surface area contributed by atoms with Crippen LogP contribution in [0.3, 0.4) is 0 Å². The second-order valence-electron chi connectivity index (χ2n) is 6.51. The van der Waals surface area contributed by atoms with Gasteiger partial charge in [-0.2, -0.15) is 0 Å². The Kier molecular flexibility index (Phi) is 5.06. The van der Waals surface area contributed by atoms with Crippen LogP contribution in [0.15, 0.2) is 79.3 Å². The van der Waals surface area contributed by atoms with Crippen molar-refractivity contribution in [3.05, 3.63) is 96.1 Å². The van der Waals surface area contributed by atoms with E-state index in [1.54, 1.807) is 10.9 Å². The fraction of sp³-hybridized carbons (Fsp3) is 0.130. The van der Waals surface area contributed by atoms with Crippen molar-refractivity contribution in [2.75, 3.05) is 7.11 Å². The van der Waals surface area contributed by atoms with Crippen molar-refractivity contribution < 1.29 is 14.3 Å². The summed E-state index contributed by atoms with van der Waals surface area (Å²) in [6.07, 6.45) is 3.13. The third kappa shape index (κ3) is 3.88. The quantitative estimate of drug-likeness (QED) is 0.469. The van der Waals surface area contributed by atoms with Crippen LogP contribution in [0.2, 0.25) is 0 Å². The zero-order chi connectivity index (χ0) is 19.3. The molecule has 0 N–H and O–H groups in total. The Labute approximate surface area is 163 Å². The van der Waals surface area contributed by atoms with Crippen LogP contribution < -0.4 is 4.74 Å². The zero-order valence-electron chi connectivity index (χ0n) is 15.5. The maximum absolute atomic E-state index is 11.7. The number of imidazole rings is 1. The topological polar surface area (TPSA) is 53.3 Å². The molecule has 0 unspecified atom stereocenters. The minimum Gasteiger partial charge on any atom is -0.489 e. The standard InChI is InChI=1S/C23H20N2O3/c1-27-23(26)22-13-24-16-25(22)14-17-7-10-21(11-8-17)28-15-18-6-9-19-4-2-3-5-20(19)12-18/h2-13,16H,14-15H2,1H3. The molecule has 5 heteroatoms. The molecule has 1 heterocycles. The molecular formula is C23H20N2O3. The number of aromatic nitrogens is 2. The van der Waals surface area contributed by atoms with E-state index in [2.05, 4.69) is 35.3 Å². The number of rotatable bonds is 6. The molecule has 0 atom stereocenters. The highest BCUT2D eigenvalue weighted by Crippen LogP contribution is 2.19. The molecule has 4 aromatic rings. The van der Waals surface area contributed by atoms with Crippen LogP contribution in [0.1, 0.15) is 21.6 Å². The van der Waals surface area contributed by atoms with Crippen molar-refractivity contribution in [2.45, 2.75) is 13.2 Å². The van der Waals surface area contributed by atoms with Gasteiger partial charge in [0.2, 0.25) is 0 Å². The Bertz CT molecular complexity index is 1100. The first-order valence-electron chi connectivity index (χ1n) is 9.01. The minimum absolute atomic E-state index is 0.396. The maximum atomic E-state index is 11.7. The van der Waals surface area contributed by atoms with Crippen molar-refractivity contribution in [2.24, 2.45) is 0 Å². The van der Waals surface area contributed by atoms with Gasteiger partial charge in [-0.1, -0.05) is 48.5 Å². The molecule has 1 aromatic heterocycles. The fourth-order valence-corrected chi connectivity index (χ4v) is 3.10. The molecule has 5 nitrogen and oxygen atoms in total. The van der Waals surface area contributed by atoms with Crippen LogP contribution in [0, 0.1) is 0 Å². The number of hydrogen-bond donors (Lipinski definition) is 0. The average molecular weight is 372 g/mol. The van der Waals surface area contributed by atoms with Gasteiger partial charge in [0.1, 0.15) is 18.1 Å². The number of ether oxygens (including phenoxy) is 2. The van der Waals surface area contributed by atoms with Gasteiger partial charge in [-0.25, -0.2) is 9.78 Å². The van der Waals surface area contributed by atoms with E-state index in [1.165, 1.54) is 24.1 Å². The van der Waals surface area contributed by atoms with Gasteiger partial charge in [0.25, 0.3) is 0 Å². The maximum Gasteiger partial charge on any atom is 0.356 e. The van der Waals surface area contributed by atoms with E-state index in [9.17, 15) is 4.79 Å². The third-order valence-corrected chi connectivity index (χ3v) is 4.60. The lowest BCUT2D eigenvalue weighted by Gasteiger charge is -2.10. The van der Waals surface area contributed by atoms with Crippen LogP contribution in [-0.2, 0) is 17.9 Å². The summed E-state index contributed by atoms with van der Waals surface area (Å²) in [4.78, 5) is 15.8. The molecule has 0 radical (unpaired) electrons. The van der Waals surface area contributed by atoms with Gasteiger partial charge in [-0.3, -0.25) is 0 Å². The molecule has 28 heavy (non-hydrogen) atoms. The summed E-state index contributed by atoms with van der Waals surface area (Å²) in [6, 6.07) is 22.5. The Morgan fingerprint density at radius 3 is 2.50 bits per heavy atom. The van der Waals surface area contributed by atoms with Crippen molar-refractivity contribution in [3.8, 4) is 5.75 Å². The van der Waals surface area contributed by atoms with E-state index in [0.29, 0.717) is 18.8 Å². The highest BCUT2D eigenvalue weighted by Gasteiger charge is 2.12. The molecule has 0 spiro atoms. The van der Waals surface area contributed by atoms with Crippen molar-refractivity contribution in [1.29, 1.82) is 0 Å². The lowest BCUT2D eigenvalue weighted by atomic mass is 10.1. The summed E-state index contributed by atoms with van der Waals surface area (Å²) < 4.78 is 12.5. The summed E-state index contributed by atoms with van der Waals surface area (Å²) in [6.45, 7) is 1.05. The molecule has 0 aliphatic heterocycles. The zero-order valence-corrected chi connectivity index (χ0v) is 15.5. The number of esters is 1. The Morgan fingerprint density at radius 1 is 0.964 bits per heavy atom. The van der Waals surface area contributed by atoms with Crippen LogP contribution in [0.25, 0.3) is 10.8 Å². The summed E-state index contributed by atoms with van der Waals surface area (Å²) in [5.74, 6) is 0.406. The summed E-state index contributed by atoms with van der Waals surface area (Å²) in [5, 5.41) is 2.43. The summed E-state index contributed by atoms with van der Waals surface area (Å²) >= 11 is 0. The second kappa shape index (κ2) is 7.96. The number of methoxy groups -OCH3 is 1. The summed E-state index contributed by atoms with van der Waals surface area (Å²) in [5.41, 5.74) is 2.60. The van der Waals surface area contributed by atoms with Crippen LogP contribution in [-0.4, -0.2) is 22.6 Å². The van der Waals surface area contributed by atoms with Crippen LogP contribution in [0.5, 0.6) is 5.75 Å². The van der Waals surface area contributed by atoms with Gasteiger partial charge in [-0.15, -0.1) is 0 Å². The number of fused-ring (bicyclic) bond motifs is 1. The second-order valence-corrected chi connectivity index (χ2v) is 6.51. The monoisotopic (exact) mass is 372 g/mol. The number of hydrogen-bond acceptors (Lipinski definition) is 4. The molecule has 0 amide bonds. The first kappa shape index (κ1) is 17.8. The number of carbonyl (C=O) groups excluding carboxylic acids is 1. The first-order chi connectivity index (χ1) is 13.7. The fourth-order valence-electron chi connectivity index (χ4n) is 3.10. The lowest BCUT2D eigenvalue weighted by Crippen LogP contribution is -2.10. The molecular weight excluding hydrogens is 352 g/mol. The van der Waals surface area contributed by atoms with E-state index in [0.717, 1.165) is 16.9 Å². The normalized spacial score (nSPS) is 10.8. The average Bonchev–Trinajstić information content (AvgIpc) is 3.20. The van der Waals surface area contributed by atoms with E-state index < -0.39 is 5.97 Å². The number of carbonyl (C=O) groups is 1. The summed E-state index contributed by atoms with van der Waals surface area (Å²) in [7, 11) is 1.36. The van der Waals surface area contributed by atoms with Gasteiger partial charge in [0.15, 0.2) is 0 Å².